The van der Waals surface area contributed by atoms with Crippen LogP contribution in [0.2, 0.25) is 0 Å². The Balaban J connectivity index is 1.92. The zero-order valence-electron chi connectivity index (χ0n) is 13.5. The predicted octanol–water partition coefficient (Wildman–Crippen LogP) is 3.29. The van der Waals surface area contributed by atoms with Gasteiger partial charge in [-0.3, -0.25) is 4.90 Å². The van der Waals surface area contributed by atoms with Gasteiger partial charge in [0, 0.05) is 11.6 Å². The molecule has 1 saturated heterocycles. The molecule has 0 unspecified atom stereocenters. The molecule has 3 heteroatoms. The number of ether oxygens (including phenoxy) is 2. The molecule has 0 radical (unpaired) electrons. The Labute approximate surface area is 128 Å². The summed E-state index contributed by atoms with van der Waals surface area (Å²) in [5, 5.41) is 0. The van der Waals surface area contributed by atoms with Crippen molar-refractivity contribution in [3.05, 3.63) is 23.3 Å². The molecule has 21 heavy (non-hydrogen) atoms. The summed E-state index contributed by atoms with van der Waals surface area (Å²) in [6, 6.07) is 5.03. The first-order valence-corrected chi connectivity index (χ1v) is 8.25. The van der Waals surface area contributed by atoms with Gasteiger partial charge in [0.05, 0.1) is 14.2 Å². The molecule has 1 aromatic carbocycles. The van der Waals surface area contributed by atoms with E-state index in [4.69, 9.17) is 9.47 Å². The lowest BCUT2D eigenvalue weighted by molar-refractivity contribution is 0.0848. The molecule has 1 aliphatic carbocycles. The van der Waals surface area contributed by atoms with E-state index in [0.717, 1.165) is 29.9 Å². The van der Waals surface area contributed by atoms with E-state index in [1.807, 2.05) is 0 Å². The van der Waals surface area contributed by atoms with Gasteiger partial charge in [-0.15, -0.1) is 0 Å². The first-order valence-electron chi connectivity index (χ1n) is 8.25. The SMILES string of the molecule is CCCN1CCC[C@@H]2Cc3c(ccc(OC)c3OC)C[C@H]21. The highest BCUT2D eigenvalue weighted by Gasteiger charge is 2.36. The zero-order valence-corrected chi connectivity index (χ0v) is 13.5. The van der Waals surface area contributed by atoms with Crippen molar-refractivity contribution in [2.24, 2.45) is 5.92 Å². The first-order chi connectivity index (χ1) is 10.3. The normalized spacial score (nSPS) is 25.1. The molecule has 3 nitrogen and oxygen atoms in total. The van der Waals surface area contributed by atoms with Crippen LogP contribution in [-0.4, -0.2) is 38.3 Å². The number of fused-ring (bicyclic) bond motifs is 2. The van der Waals surface area contributed by atoms with Crippen LogP contribution >= 0.6 is 0 Å². The predicted molar refractivity (Wildman–Crippen MR) is 85.3 cm³/mol. The first kappa shape index (κ1) is 14.7. The fourth-order valence-electron chi connectivity index (χ4n) is 4.25. The van der Waals surface area contributed by atoms with E-state index in [2.05, 4.69) is 24.0 Å². The van der Waals surface area contributed by atoms with Gasteiger partial charge in [0.2, 0.25) is 0 Å². The molecular formula is C18H27NO2. The fourth-order valence-corrected chi connectivity index (χ4v) is 4.25. The van der Waals surface area contributed by atoms with Gasteiger partial charge in [0.1, 0.15) is 0 Å². The Hall–Kier alpha value is -1.22. The van der Waals surface area contributed by atoms with Crippen LogP contribution in [0.5, 0.6) is 11.5 Å². The summed E-state index contributed by atoms with van der Waals surface area (Å²) in [5.41, 5.74) is 2.84. The van der Waals surface area contributed by atoms with Gasteiger partial charge < -0.3 is 9.47 Å². The van der Waals surface area contributed by atoms with Gasteiger partial charge in [0.15, 0.2) is 11.5 Å². The molecule has 116 valence electrons. The maximum atomic E-state index is 5.65. The lowest BCUT2D eigenvalue weighted by atomic mass is 9.75. The number of hydrogen-bond acceptors (Lipinski definition) is 3. The summed E-state index contributed by atoms with van der Waals surface area (Å²) in [6.45, 7) is 4.80. The second kappa shape index (κ2) is 6.27. The van der Waals surface area contributed by atoms with Crippen LogP contribution < -0.4 is 9.47 Å². The van der Waals surface area contributed by atoms with Crippen LogP contribution in [-0.2, 0) is 12.8 Å². The largest absolute Gasteiger partial charge is 0.493 e. The number of likely N-dealkylation sites (tertiary alicyclic amines) is 1. The second-order valence-corrected chi connectivity index (χ2v) is 6.35. The van der Waals surface area contributed by atoms with Gasteiger partial charge in [-0.25, -0.2) is 0 Å². The number of methoxy groups -OCH3 is 2. The van der Waals surface area contributed by atoms with E-state index in [-0.39, 0.29) is 0 Å². The Morgan fingerprint density at radius 1 is 1.19 bits per heavy atom. The molecule has 1 aliphatic heterocycles. The molecule has 0 bridgehead atoms. The van der Waals surface area contributed by atoms with Crippen LogP contribution in [0.4, 0.5) is 0 Å². The third kappa shape index (κ3) is 2.64. The minimum absolute atomic E-state index is 0.726. The molecule has 0 N–H and O–H groups in total. The van der Waals surface area contributed by atoms with E-state index in [1.165, 1.54) is 49.9 Å². The summed E-state index contributed by atoms with van der Waals surface area (Å²) in [7, 11) is 3.48. The van der Waals surface area contributed by atoms with Gasteiger partial charge >= 0.3 is 0 Å². The van der Waals surface area contributed by atoms with E-state index in [9.17, 15) is 0 Å². The zero-order chi connectivity index (χ0) is 14.8. The summed E-state index contributed by atoms with van der Waals surface area (Å²) < 4.78 is 11.1. The Morgan fingerprint density at radius 2 is 2.05 bits per heavy atom. The van der Waals surface area contributed by atoms with Crippen molar-refractivity contribution in [2.45, 2.75) is 45.1 Å². The minimum Gasteiger partial charge on any atom is -0.493 e. The monoisotopic (exact) mass is 289 g/mol. The Morgan fingerprint density at radius 3 is 2.76 bits per heavy atom. The molecule has 1 aromatic rings. The van der Waals surface area contributed by atoms with Gasteiger partial charge in [-0.05, 0) is 62.7 Å². The highest BCUT2D eigenvalue weighted by atomic mass is 16.5. The molecule has 0 saturated carbocycles. The lowest BCUT2D eigenvalue weighted by Gasteiger charge is -2.45. The van der Waals surface area contributed by atoms with Gasteiger partial charge in [-0.2, -0.15) is 0 Å². The van der Waals surface area contributed by atoms with Crippen molar-refractivity contribution in [1.29, 1.82) is 0 Å². The molecule has 3 rings (SSSR count). The molecule has 1 fully saturated rings. The molecule has 2 atom stereocenters. The highest BCUT2D eigenvalue weighted by molar-refractivity contribution is 5.52. The summed E-state index contributed by atoms with van der Waals surface area (Å²) in [4.78, 5) is 2.72. The van der Waals surface area contributed by atoms with Crippen LogP contribution in [0, 0.1) is 5.92 Å². The van der Waals surface area contributed by atoms with E-state index in [1.54, 1.807) is 14.2 Å². The second-order valence-electron chi connectivity index (χ2n) is 6.35. The third-order valence-corrected chi connectivity index (χ3v) is 5.19. The molecular weight excluding hydrogens is 262 g/mol. The number of hydrogen-bond donors (Lipinski definition) is 0. The number of piperidine rings is 1. The highest BCUT2D eigenvalue weighted by Crippen LogP contribution is 2.42. The average molecular weight is 289 g/mol. The summed E-state index contributed by atoms with van der Waals surface area (Å²) in [6.07, 6.45) is 6.25. The van der Waals surface area contributed by atoms with E-state index in [0.29, 0.717) is 0 Å². The van der Waals surface area contributed by atoms with Crippen LogP contribution in [0.1, 0.15) is 37.3 Å². The maximum Gasteiger partial charge on any atom is 0.164 e. The van der Waals surface area contributed by atoms with Crippen molar-refractivity contribution >= 4 is 0 Å². The molecule has 0 spiro atoms. The average Bonchev–Trinajstić information content (AvgIpc) is 2.52. The fraction of sp³-hybridized carbons (Fsp3) is 0.667. The van der Waals surface area contributed by atoms with Crippen LogP contribution in [0.25, 0.3) is 0 Å². The lowest BCUT2D eigenvalue weighted by Crippen LogP contribution is -2.49. The number of nitrogens with zero attached hydrogens (tertiary/aromatic N) is 1. The quantitative estimate of drug-likeness (QED) is 0.849. The van der Waals surface area contributed by atoms with E-state index < -0.39 is 0 Å². The molecule has 0 aromatic heterocycles. The topological polar surface area (TPSA) is 21.7 Å². The summed E-state index contributed by atoms with van der Waals surface area (Å²) >= 11 is 0. The number of benzene rings is 1. The maximum absolute atomic E-state index is 5.65. The third-order valence-electron chi connectivity index (χ3n) is 5.19. The van der Waals surface area contributed by atoms with Crippen molar-refractivity contribution in [3.63, 3.8) is 0 Å². The van der Waals surface area contributed by atoms with Gasteiger partial charge in [0.25, 0.3) is 0 Å². The van der Waals surface area contributed by atoms with Crippen LogP contribution in [0.3, 0.4) is 0 Å². The Bertz CT molecular complexity index is 498. The number of rotatable bonds is 4. The van der Waals surface area contributed by atoms with Crippen LogP contribution in [0.15, 0.2) is 12.1 Å². The van der Waals surface area contributed by atoms with Gasteiger partial charge in [-0.1, -0.05) is 13.0 Å². The molecule has 2 aliphatic rings. The van der Waals surface area contributed by atoms with Crippen molar-refractivity contribution in [3.8, 4) is 11.5 Å². The summed E-state index contributed by atoms with van der Waals surface area (Å²) in [5.74, 6) is 2.61. The van der Waals surface area contributed by atoms with Crippen molar-refractivity contribution < 1.29 is 9.47 Å². The van der Waals surface area contributed by atoms with Crippen molar-refractivity contribution in [2.75, 3.05) is 27.3 Å². The molecule has 1 heterocycles. The smallest absolute Gasteiger partial charge is 0.164 e. The minimum atomic E-state index is 0.726. The standard InChI is InChI=1S/C18H27NO2/c1-4-9-19-10-5-6-14-11-15-13(12-16(14)19)7-8-17(20-2)18(15)21-3/h7-8,14,16H,4-6,9-12H2,1-3H3/t14-,16-/m1/s1. The van der Waals surface area contributed by atoms with Crippen molar-refractivity contribution in [1.82, 2.24) is 4.90 Å². The molecule has 0 amide bonds. The van der Waals surface area contributed by atoms with E-state index >= 15 is 0 Å². The Kier molecular flexibility index (Phi) is 4.39.